The molecule has 0 aliphatic heterocycles. The number of rotatable bonds is 2. The molecule has 86 valence electrons. The molecular formula is C8H10Cl2O4S. The molecule has 7 heteroatoms. The molecule has 4 nitrogen and oxygen atoms in total. The number of hydrogen-bond donors (Lipinski definition) is 0. The quantitative estimate of drug-likeness (QED) is 0.776. The fourth-order valence-corrected chi connectivity index (χ4v) is 0.712. The number of hydrogen-bond acceptors (Lipinski definition) is 4. The lowest BCUT2D eigenvalue weighted by Gasteiger charge is -2.00. The van der Waals surface area contributed by atoms with Crippen LogP contribution in [0.3, 0.4) is 0 Å². The summed E-state index contributed by atoms with van der Waals surface area (Å²) in [5.74, 6) is 1.70. The van der Waals surface area contributed by atoms with E-state index in [0.717, 1.165) is 11.5 Å². The molecule has 0 aliphatic rings. The molecule has 15 heavy (non-hydrogen) atoms. The van der Waals surface area contributed by atoms with E-state index < -0.39 is 8.26 Å². The summed E-state index contributed by atoms with van der Waals surface area (Å²) >= 11 is 0. The van der Waals surface area contributed by atoms with Gasteiger partial charge in [0.15, 0.2) is 0 Å². The molecule has 0 fully saturated rings. The van der Waals surface area contributed by atoms with Gasteiger partial charge in [0.2, 0.25) is 0 Å². The van der Waals surface area contributed by atoms with Crippen LogP contribution in [0.15, 0.2) is 24.3 Å². The molecule has 0 bridgehead atoms. The molecule has 0 saturated heterocycles. The minimum Gasteiger partial charge on any atom is -0.497 e. The van der Waals surface area contributed by atoms with Gasteiger partial charge < -0.3 is 9.47 Å². The normalized spacial score (nSPS) is 9.87. The molecule has 0 aliphatic carbocycles. The van der Waals surface area contributed by atoms with E-state index in [2.05, 4.69) is 21.4 Å². The van der Waals surface area contributed by atoms with E-state index in [1.807, 2.05) is 24.3 Å². The van der Waals surface area contributed by atoms with E-state index in [-0.39, 0.29) is 0 Å². The highest BCUT2D eigenvalue weighted by atomic mass is 36.0. The van der Waals surface area contributed by atoms with Crippen molar-refractivity contribution in [2.24, 2.45) is 0 Å². The van der Waals surface area contributed by atoms with E-state index in [4.69, 9.17) is 17.9 Å². The van der Waals surface area contributed by atoms with Crippen LogP contribution in [0.25, 0.3) is 0 Å². The minimum absolute atomic E-state index is 0.848. The Labute approximate surface area is 97.6 Å². The van der Waals surface area contributed by atoms with Gasteiger partial charge in [-0.15, -0.1) is 0 Å². The lowest BCUT2D eigenvalue weighted by molar-refractivity contribution is 0.403. The highest BCUT2D eigenvalue weighted by Gasteiger charge is 1.90. The average molecular weight is 273 g/mol. The van der Waals surface area contributed by atoms with Crippen LogP contribution in [-0.4, -0.2) is 22.6 Å². The first kappa shape index (κ1) is 14.3. The summed E-state index contributed by atoms with van der Waals surface area (Å²) < 4.78 is 28.2. The largest absolute Gasteiger partial charge is 0.497 e. The van der Waals surface area contributed by atoms with Crippen LogP contribution in [0, 0.1) is 0 Å². The van der Waals surface area contributed by atoms with Gasteiger partial charge in [-0.1, -0.05) is 0 Å². The summed E-state index contributed by atoms with van der Waals surface area (Å²) in [7, 11) is 8.09. The molecule has 0 N–H and O–H groups in total. The average Bonchev–Trinajstić information content (AvgIpc) is 2.15. The lowest BCUT2D eigenvalue weighted by atomic mass is 10.3. The zero-order valence-corrected chi connectivity index (χ0v) is 10.4. The fraction of sp³-hybridized carbons (Fsp3) is 0.250. The van der Waals surface area contributed by atoms with Crippen molar-refractivity contribution in [2.45, 2.75) is 0 Å². The maximum atomic E-state index is 9.16. The van der Waals surface area contributed by atoms with Crippen LogP contribution < -0.4 is 9.47 Å². The van der Waals surface area contributed by atoms with Gasteiger partial charge in [0, 0.05) is 21.4 Å². The predicted octanol–water partition coefficient (Wildman–Crippen LogP) is 2.41. The van der Waals surface area contributed by atoms with Crippen molar-refractivity contribution in [1.29, 1.82) is 0 Å². The standard InChI is InChI=1S/C8H10O2.Cl2O2S/c1-9-7-3-5-8(10-2)6-4-7;1-5(2,3)4/h3-6H,1-2H3;. The van der Waals surface area contributed by atoms with Crippen molar-refractivity contribution in [3.8, 4) is 11.5 Å². The highest BCUT2D eigenvalue weighted by Crippen LogP contribution is 2.15. The second kappa shape index (κ2) is 6.76. The zero-order chi connectivity index (χ0) is 11.9. The van der Waals surface area contributed by atoms with Gasteiger partial charge >= 0.3 is 8.26 Å². The first-order valence-corrected chi connectivity index (χ1v) is 6.82. The molecule has 0 saturated carbocycles. The van der Waals surface area contributed by atoms with Crippen LogP contribution in [0.4, 0.5) is 0 Å². The first-order chi connectivity index (χ1) is 6.86. The fourth-order valence-electron chi connectivity index (χ4n) is 0.712. The van der Waals surface area contributed by atoms with Gasteiger partial charge in [0.25, 0.3) is 0 Å². The third-order valence-electron chi connectivity index (χ3n) is 1.30. The minimum atomic E-state index is -3.72. The molecule has 0 spiro atoms. The lowest BCUT2D eigenvalue weighted by Crippen LogP contribution is -1.83. The number of ether oxygens (including phenoxy) is 2. The summed E-state index contributed by atoms with van der Waals surface area (Å²) in [6, 6.07) is 7.44. The molecule has 0 aromatic heterocycles. The molecule has 0 unspecified atom stereocenters. The van der Waals surface area contributed by atoms with Crippen molar-refractivity contribution in [2.75, 3.05) is 14.2 Å². The third kappa shape index (κ3) is 9.65. The summed E-state index contributed by atoms with van der Waals surface area (Å²) in [5, 5.41) is 0. The molecule has 1 aromatic carbocycles. The summed E-state index contributed by atoms with van der Waals surface area (Å²) in [4.78, 5) is 0. The van der Waals surface area contributed by atoms with Gasteiger partial charge in [-0.05, 0) is 24.3 Å². The molecule has 0 amide bonds. The van der Waals surface area contributed by atoms with E-state index in [1.165, 1.54) is 0 Å². The Morgan fingerprint density at radius 2 is 1.13 bits per heavy atom. The maximum absolute atomic E-state index is 9.16. The Bertz CT molecular complexity index is 343. The number of methoxy groups -OCH3 is 2. The van der Waals surface area contributed by atoms with Gasteiger partial charge in [0.05, 0.1) is 14.2 Å². The van der Waals surface area contributed by atoms with E-state index in [0.29, 0.717) is 0 Å². The van der Waals surface area contributed by atoms with E-state index in [1.54, 1.807) is 14.2 Å². The van der Waals surface area contributed by atoms with Crippen molar-refractivity contribution >= 4 is 29.6 Å². The smallest absolute Gasteiger partial charge is 0.317 e. The molecule has 1 aromatic rings. The molecule has 0 radical (unpaired) electrons. The SMILES string of the molecule is COc1ccc(OC)cc1.O=S(=O)(Cl)Cl. The van der Waals surface area contributed by atoms with Crippen molar-refractivity contribution in [3.05, 3.63) is 24.3 Å². The number of benzene rings is 1. The van der Waals surface area contributed by atoms with Gasteiger partial charge in [-0.2, -0.15) is 8.42 Å². The Balaban J connectivity index is 0.000000336. The second-order valence-corrected chi connectivity index (χ2v) is 5.93. The maximum Gasteiger partial charge on any atom is 0.317 e. The van der Waals surface area contributed by atoms with Crippen molar-refractivity contribution < 1.29 is 17.9 Å². The highest BCUT2D eigenvalue weighted by molar-refractivity contribution is 8.31. The molecule has 1 rings (SSSR count). The monoisotopic (exact) mass is 272 g/mol. The van der Waals surface area contributed by atoms with Crippen LogP contribution in [0.5, 0.6) is 11.5 Å². The molecule has 0 atom stereocenters. The number of halogens is 2. The Morgan fingerprint density at radius 3 is 1.27 bits per heavy atom. The molecule has 0 heterocycles. The first-order valence-electron chi connectivity index (χ1n) is 3.69. The van der Waals surface area contributed by atoms with Gasteiger partial charge in [-0.25, -0.2) is 0 Å². The van der Waals surface area contributed by atoms with Crippen LogP contribution in [0.2, 0.25) is 0 Å². The molecular weight excluding hydrogens is 263 g/mol. The summed E-state index contributed by atoms with van der Waals surface area (Å²) in [6.45, 7) is 0. The Hall–Kier alpha value is -0.650. The van der Waals surface area contributed by atoms with Crippen molar-refractivity contribution in [1.82, 2.24) is 0 Å². The summed E-state index contributed by atoms with van der Waals surface area (Å²) in [6.07, 6.45) is 0. The van der Waals surface area contributed by atoms with Gasteiger partial charge in [0.1, 0.15) is 11.5 Å². The van der Waals surface area contributed by atoms with Crippen LogP contribution in [-0.2, 0) is 8.26 Å². The Kier molecular flexibility index (Phi) is 6.47. The van der Waals surface area contributed by atoms with Crippen LogP contribution >= 0.6 is 21.4 Å². The van der Waals surface area contributed by atoms with E-state index >= 15 is 0 Å². The topological polar surface area (TPSA) is 52.6 Å². The van der Waals surface area contributed by atoms with Gasteiger partial charge in [-0.3, -0.25) is 0 Å². The zero-order valence-electron chi connectivity index (χ0n) is 8.11. The van der Waals surface area contributed by atoms with E-state index in [9.17, 15) is 0 Å². The predicted molar refractivity (Wildman–Crippen MR) is 60.2 cm³/mol. The van der Waals surface area contributed by atoms with Crippen molar-refractivity contribution in [3.63, 3.8) is 0 Å². The Morgan fingerprint density at radius 1 is 0.933 bits per heavy atom. The third-order valence-corrected chi connectivity index (χ3v) is 1.30. The van der Waals surface area contributed by atoms with Crippen LogP contribution in [0.1, 0.15) is 0 Å². The summed E-state index contributed by atoms with van der Waals surface area (Å²) in [5.41, 5.74) is 0. The second-order valence-electron chi connectivity index (χ2n) is 2.26.